The van der Waals surface area contributed by atoms with E-state index in [-0.39, 0.29) is 18.3 Å². The molecule has 0 aliphatic rings. The number of benzene rings is 1. The smallest absolute Gasteiger partial charge is 0.291 e. The molecule has 0 radical (unpaired) electrons. The molecule has 5 heteroatoms. The predicted octanol–water partition coefficient (Wildman–Crippen LogP) is 3.23. The number of rotatable bonds is 3. The molecule has 0 saturated carbocycles. The zero-order chi connectivity index (χ0) is 15.2. The number of aryl methyl sites for hydroxylation is 1. The summed E-state index contributed by atoms with van der Waals surface area (Å²) in [7, 11) is 0. The van der Waals surface area contributed by atoms with Crippen LogP contribution in [0.5, 0.6) is 0 Å². The van der Waals surface area contributed by atoms with Gasteiger partial charge in [-0.05, 0) is 31.2 Å². The first kappa shape index (κ1) is 15.2. The Labute approximate surface area is 127 Å². The summed E-state index contributed by atoms with van der Waals surface area (Å²) in [5.74, 6) is 5.61. The highest BCUT2D eigenvalue weighted by Gasteiger charge is 2.14. The lowest BCUT2D eigenvalue weighted by atomic mass is 10.1. The van der Waals surface area contributed by atoms with E-state index in [0.29, 0.717) is 22.7 Å². The van der Waals surface area contributed by atoms with Crippen LogP contribution in [0.25, 0.3) is 0 Å². The van der Waals surface area contributed by atoms with E-state index >= 15 is 0 Å². The van der Waals surface area contributed by atoms with Gasteiger partial charge >= 0.3 is 0 Å². The molecule has 21 heavy (non-hydrogen) atoms. The molecule has 2 N–H and O–H groups in total. The van der Waals surface area contributed by atoms with Crippen LogP contribution in [0.15, 0.2) is 34.9 Å². The Morgan fingerprint density at radius 3 is 2.90 bits per heavy atom. The molecular formula is C16H14ClNO3. The zero-order valence-electron chi connectivity index (χ0n) is 11.4. The van der Waals surface area contributed by atoms with Crippen LogP contribution in [0.2, 0.25) is 5.02 Å². The maximum atomic E-state index is 12.1. The van der Waals surface area contributed by atoms with Crippen molar-refractivity contribution in [2.75, 3.05) is 11.9 Å². The fourth-order valence-electron chi connectivity index (χ4n) is 1.73. The number of furan rings is 1. The molecule has 0 spiro atoms. The van der Waals surface area contributed by atoms with Crippen LogP contribution < -0.4 is 5.32 Å². The number of carbonyl (C=O) groups is 1. The first-order valence-electron chi connectivity index (χ1n) is 6.36. The Hall–Kier alpha value is -2.22. The third-order valence-corrected chi connectivity index (χ3v) is 2.99. The summed E-state index contributed by atoms with van der Waals surface area (Å²) in [5.41, 5.74) is 1.90. The number of hydrogen-bond acceptors (Lipinski definition) is 3. The summed E-state index contributed by atoms with van der Waals surface area (Å²) in [6.07, 6.45) is 1.82. The minimum Gasteiger partial charge on any atom is -0.459 e. The molecule has 1 aromatic carbocycles. The fourth-order valence-corrected chi connectivity index (χ4v) is 1.90. The van der Waals surface area contributed by atoms with Crippen LogP contribution in [0.4, 0.5) is 5.69 Å². The fraction of sp³-hybridized carbons (Fsp3) is 0.188. The molecule has 1 amide bonds. The summed E-state index contributed by atoms with van der Waals surface area (Å²) < 4.78 is 5.15. The molecule has 2 rings (SSSR count). The monoisotopic (exact) mass is 303 g/mol. The minimum atomic E-state index is -0.343. The van der Waals surface area contributed by atoms with Gasteiger partial charge in [0.1, 0.15) is 0 Å². The van der Waals surface area contributed by atoms with E-state index in [0.717, 1.165) is 5.56 Å². The van der Waals surface area contributed by atoms with Crippen LogP contribution in [0.3, 0.4) is 0 Å². The largest absolute Gasteiger partial charge is 0.459 e. The van der Waals surface area contributed by atoms with E-state index in [2.05, 4.69) is 17.2 Å². The Morgan fingerprint density at radius 1 is 1.43 bits per heavy atom. The van der Waals surface area contributed by atoms with Crippen molar-refractivity contribution in [3.05, 3.63) is 52.4 Å². The SMILES string of the molecule is Cc1ccoc1C(=O)Nc1ccc(Cl)cc1C#CCCO. The number of nitrogens with one attached hydrogen (secondary N) is 1. The van der Waals surface area contributed by atoms with E-state index in [1.165, 1.54) is 6.26 Å². The Kier molecular flexibility index (Phi) is 5.04. The van der Waals surface area contributed by atoms with Gasteiger partial charge in [0.05, 0.1) is 18.6 Å². The average molecular weight is 304 g/mol. The Morgan fingerprint density at radius 2 is 2.24 bits per heavy atom. The average Bonchev–Trinajstić information content (AvgIpc) is 2.88. The molecule has 108 valence electrons. The molecule has 0 bridgehead atoms. The van der Waals surface area contributed by atoms with E-state index in [9.17, 15) is 4.79 Å². The van der Waals surface area contributed by atoms with E-state index < -0.39 is 0 Å². The van der Waals surface area contributed by atoms with Crippen molar-refractivity contribution in [2.24, 2.45) is 0 Å². The van der Waals surface area contributed by atoms with Crippen LogP contribution in [0.1, 0.15) is 28.1 Å². The third-order valence-electron chi connectivity index (χ3n) is 2.76. The lowest BCUT2D eigenvalue weighted by Crippen LogP contribution is -2.13. The standard InChI is InChI=1S/C16H14ClNO3/c1-11-7-9-21-15(11)16(20)18-14-6-5-13(17)10-12(14)4-2-3-8-19/h5-7,9-10,19H,3,8H2,1H3,(H,18,20). The van der Waals surface area contributed by atoms with Gasteiger partial charge in [-0.1, -0.05) is 23.4 Å². The van der Waals surface area contributed by atoms with Gasteiger partial charge in [-0.2, -0.15) is 0 Å². The lowest BCUT2D eigenvalue weighted by molar-refractivity contribution is 0.0996. The van der Waals surface area contributed by atoms with E-state index in [4.69, 9.17) is 21.1 Å². The number of halogens is 1. The Balaban J connectivity index is 2.26. The van der Waals surface area contributed by atoms with Gasteiger partial charge < -0.3 is 14.8 Å². The van der Waals surface area contributed by atoms with Crippen molar-refractivity contribution in [2.45, 2.75) is 13.3 Å². The highest BCUT2D eigenvalue weighted by atomic mass is 35.5. The molecular weight excluding hydrogens is 290 g/mol. The number of anilines is 1. The van der Waals surface area contributed by atoms with Crippen LogP contribution in [-0.2, 0) is 0 Å². The first-order chi connectivity index (χ1) is 10.1. The number of aliphatic hydroxyl groups excluding tert-OH is 1. The molecule has 0 atom stereocenters. The van der Waals surface area contributed by atoms with Crippen molar-refractivity contribution in [1.29, 1.82) is 0 Å². The summed E-state index contributed by atoms with van der Waals surface area (Å²) in [5, 5.41) is 12.0. The van der Waals surface area contributed by atoms with E-state index in [1.807, 2.05) is 0 Å². The second kappa shape index (κ2) is 6.98. The first-order valence-corrected chi connectivity index (χ1v) is 6.74. The molecule has 0 saturated heterocycles. The summed E-state index contributed by atoms with van der Waals surface area (Å²) >= 11 is 5.94. The molecule has 0 aliphatic carbocycles. The third kappa shape index (κ3) is 3.88. The van der Waals surface area contributed by atoms with Crippen LogP contribution >= 0.6 is 11.6 Å². The van der Waals surface area contributed by atoms with Gasteiger partial charge in [0, 0.05) is 22.6 Å². The van der Waals surface area contributed by atoms with Crippen molar-refractivity contribution >= 4 is 23.2 Å². The number of carbonyl (C=O) groups excluding carboxylic acids is 1. The molecule has 1 heterocycles. The van der Waals surface area contributed by atoms with Crippen molar-refractivity contribution < 1.29 is 14.3 Å². The van der Waals surface area contributed by atoms with Gasteiger partial charge in [-0.3, -0.25) is 4.79 Å². The quantitative estimate of drug-likeness (QED) is 0.856. The van der Waals surface area contributed by atoms with E-state index in [1.54, 1.807) is 31.2 Å². The second-order valence-corrected chi connectivity index (χ2v) is 4.79. The summed E-state index contributed by atoms with van der Waals surface area (Å²) in [6.45, 7) is 1.78. The highest BCUT2D eigenvalue weighted by Crippen LogP contribution is 2.21. The molecule has 0 aliphatic heterocycles. The van der Waals surface area contributed by atoms with Gasteiger partial charge in [0.25, 0.3) is 5.91 Å². The van der Waals surface area contributed by atoms with Gasteiger partial charge in [-0.25, -0.2) is 0 Å². The predicted molar refractivity (Wildman–Crippen MR) is 81.4 cm³/mol. The minimum absolute atomic E-state index is 0.0130. The van der Waals surface area contributed by atoms with Gasteiger partial charge in [0.15, 0.2) is 5.76 Å². The summed E-state index contributed by atoms with van der Waals surface area (Å²) in [6, 6.07) is 6.74. The van der Waals surface area contributed by atoms with Crippen molar-refractivity contribution in [3.8, 4) is 11.8 Å². The number of amides is 1. The zero-order valence-corrected chi connectivity index (χ0v) is 12.2. The highest BCUT2D eigenvalue weighted by molar-refractivity contribution is 6.30. The Bertz CT molecular complexity index is 710. The molecule has 0 unspecified atom stereocenters. The second-order valence-electron chi connectivity index (χ2n) is 4.35. The molecule has 2 aromatic rings. The molecule has 1 aromatic heterocycles. The van der Waals surface area contributed by atoms with Crippen LogP contribution in [-0.4, -0.2) is 17.6 Å². The van der Waals surface area contributed by atoms with Crippen LogP contribution in [0, 0.1) is 18.8 Å². The lowest BCUT2D eigenvalue weighted by Gasteiger charge is -2.07. The number of aliphatic hydroxyl groups is 1. The van der Waals surface area contributed by atoms with Gasteiger partial charge in [-0.15, -0.1) is 0 Å². The normalized spacial score (nSPS) is 9.86. The summed E-state index contributed by atoms with van der Waals surface area (Å²) in [4.78, 5) is 12.1. The van der Waals surface area contributed by atoms with Gasteiger partial charge in [0.2, 0.25) is 0 Å². The number of hydrogen-bond donors (Lipinski definition) is 2. The van der Waals surface area contributed by atoms with Crippen molar-refractivity contribution in [3.63, 3.8) is 0 Å². The maximum Gasteiger partial charge on any atom is 0.291 e. The maximum absolute atomic E-state index is 12.1. The topological polar surface area (TPSA) is 62.5 Å². The molecule has 0 fully saturated rings. The molecule has 4 nitrogen and oxygen atoms in total. The van der Waals surface area contributed by atoms with Crippen molar-refractivity contribution in [1.82, 2.24) is 0 Å².